The van der Waals surface area contributed by atoms with E-state index in [0.29, 0.717) is 11.1 Å². The number of fused-ring (bicyclic) bond motifs is 1. The van der Waals surface area contributed by atoms with Crippen molar-refractivity contribution in [1.82, 2.24) is 19.9 Å². The maximum Gasteiger partial charge on any atom is 0.263 e. The van der Waals surface area contributed by atoms with Gasteiger partial charge in [0.05, 0.1) is 6.54 Å². The molecule has 0 saturated carbocycles. The molecule has 7 nitrogen and oxygen atoms in total. The van der Waals surface area contributed by atoms with Crippen LogP contribution in [0, 0.1) is 11.6 Å². The molecular formula is C27H20F2N4O3. The number of H-pyrrole nitrogens is 1. The molecule has 36 heavy (non-hydrogen) atoms. The smallest absolute Gasteiger partial charge is 0.263 e. The number of hydrogen-bond acceptors (Lipinski definition) is 4. The van der Waals surface area contributed by atoms with Gasteiger partial charge in [-0.3, -0.25) is 9.59 Å². The molecule has 5 aromatic rings. The normalized spacial score (nSPS) is 11.1. The highest BCUT2D eigenvalue weighted by Gasteiger charge is 2.14. The number of nitrogens with zero attached hydrogens (tertiary/aromatic N) is 2. The first kappa shape index (κ1) is 23.0. The van der Waals surface area contributed by atoms with Crippen LogP contribution in [0.4, 0.5) is 8.78 Å². The highest BCUT2D eigenvalue weighted by molar-refractivity contribution is 5.94. The Morgan fingerprint density at radius 1 is 1.03 bits per heavy atom. The lowest BCUT2D eigenvalue weighted by molar-refractivity contribution is 0.0948. The fraction of sp³-hybridized carbons (Fsp3) is 0.0741. The molecule has 0 bridgehead atoms. The van der Waals surface area contributed by atoms with E-state index in [1.165, 1.54) is 35.0 Å². The number of aromatic nitrogens is 3. The molecule has 0 fully saturated rings. The SMILES string of the molecule is O=C(NCc1cc(O)cc(-c2c[nH]c3ncccc23)c1)c1cccn(Cc2ccc(F)c(F)c2)c1=O. The fourth-order valence-corrected chi connectivity index (χ4v) is 4.07. The number of carbonyl (C=O) groups excluding carboxylic acids is 1. The average molecular weight is 486 g/mol. The van der Waals surface area contributed by atoms with Crippen molar-refractivity contribution < 1.29 is 18.7 Å². The molecule has 0 aliphatic carbocycles. The van der Waals surface area contributed by atoms with E-state index in [4.69, 9.17) is 0 Å². The van der Waals surface area contributed by atoms with E-state index in [1.807, 2.05) is 18.2 Å². The molecular weight excluding hydrogens is 466 g/mol. The number of aromatic hydroxyl groups is 1. The Morgan fingerprint density at radius 2 is 1.89 bits per heavy atom. The van der Waals surface area contributed by atoms with Crippen molar-refractivity contribution in [3.63, 3.8) is 0 Å². The van der Waals surface area contributed by atoms with Gasteiger partial charge in [0.25, 0.3) is 11.5 Å². The molecule has 3 N–H and O–H groups in total. The van der Waals surface area contributed by atoms with Crippen molar-refractivity contribution in [3.8, 4) is 16.9 Å². The Bertz CT molecular complexity index is 1660. The lowest BCUT2D eigenvalue weighted by atomic mass is 10.0. The van der Waals surface area contributed by atoms with Crippen molar-refractivity contribution >= 4 is 16.9 Å². The molecule has 1 amide bonds. The molecule has 3 heterocycles. The van der Waals surface area contributed by atoms with E-state index < -0.39 is 23.1 Å². The number of rotatable bonds is 6. The van der Waals surface area contributed by atoms with E-state index in [1.54, 1.807) is 18.5 Å². The van der Waals surface area contributed by atoms with Crippen LogP contribution in [0.2, 0.25) is 0 Å². The predicted molar refractivity (Wildman–Crippen MR) is 131 cm³/mol. The number of pyridine rings is 2. The lowest BCUT2D eigenvalue weighted by Crippen LogP contribution is -2.32. The van der Waals surface area contributed by atoms with E-state index in [-0.39, 0.29) is 24.4 Å². The molecule has 0 saturated heterocycles. The summed E-state index contributed by atoms with van der Waals surface area (Å²) < 4.78 is 28.0. The van der Waals surface area contributed by atoms with Crippen LogP contribution in [-0.2, 0) is 13.1 Å². The Morgan fingerprint density at radius 3 is 2.72 bits per heavy atom. The van der Waals surface area contributed by atoms with Crippen molar-refractivity contribution in [2.24, 2.45) is 0 Å². The first-order valence-corrected chi connectivity index (χ1v) is 11.1. The molecule has 0 unspecified atom stereocenters. The summed E-state index contributed by atoms with van der Waals surface area (Å²) in [5.41, 5.74) is 2.67. The Labute approximate surface area is 203 Å². The van der Waals surface area contributed by atoms with Gasteiger partial charge in [-0.1, -0.05) is 6.07 Å². The van der Waals surface area contributed by atoms with Gasteiger partial charge in [0.2, 0.25) is 0 Å². The van der Waals surface area contributed by atoms with Gasteiger partial charge >= 0.3 is 0 Å². The van der Waals surface area contributed by atoms with Gasteiger partial charge < -0.3 is 20.0 Å². The van der Waals surface area contributed by atoms with Gasteiger partial charge in [-0.05, 0) is 71.3 Å². The fourth-order valence-electron chi connectivity index (χ4n) is 4.07. The monoisotopic (exact) mass is 486 g/mol. The van der Waals surface area contributed by atoms with Crippen LogP contribution in [-0.4, -0.2) is 25.5 Å². The summed E-state index contributed by atoms with van der Waals surface area (Å²) in [5.74, 6) is -2.55. The van der Waals surface area contributed by atoms with Crippen LogP contribution in [0.25, 0.3) is 22.2 Å². The van der Waals surface area contributed by atoms with Crippen LogP contribution in [0.15, 0.2) is 84.0 Å². The zero-order valence-corrected chi connectivity index (χ0v) is 18.8. The van der Waals surface area contributed by atoms with Gasteiger partial charge in [0.15, 0.2) is 11.6 Å². The molecule has 9 heteroatoms. The van der Waals surface area contributed by atoms with Gasteiger partial charge in [-0.25, -0.2) is 13.8 Å². The molecule has 3 aromatic heterocycles. The van der Waals surface area contributed by atoms with Crippen molar-refractivity contribution in [2.75, 3.05) is 0 Å². The van der Waals surface area contributed by atoms with Crippen molar-refractivity contribution in [1.29, 1.82) is 0 Å². The van der Waals surface area contributed by atoms with Gasteiger partial charge in [-0.15, -0.1) is 0 Å². The highest BCUT2D eigenvalue weighted by atomic mass is 19.2. The summed E-state index contributed by atoms with van der Waals surface area (Å²) >= 11 is 0. The summed E-state index contributed by atoms with van der Waals surface area (Å²) in [4.78, 5) is 33.0. The Kier molecular flexibility index (Phi) is 6.03. The number of hydrogen-bond donors (Lipinski definition) is 3. The molecule has 0 atom stereocenters. The van der Waals surface area contributed by atoms with E-state index >= 15 is 0 Å². The van der Waals surface area contributed by atoms with Gasteiger partial charge in [-0.2, -0.15) is 0 Å². The molecule has 0 spiro atoms. The topological polar surface area (TPSA) is 100 Å². The number of phenolic OH excluding ortho intramolecular Hbond substituents is 1. The highest BCUT2D eigenvalue weighted by Crippen LogP contribution is 2.30. The number of halogens is 2. The number of aromatic amines is 1. The maximum absolute atomic E-state index is 13.5. The van der Waals surface area contributed by atoms with Crippen LogP contribution in [0.3, 0.4) is 0 Å². The lowest BCUT2D eigenvalue weighted by Gasteiger charge is -2.10. The molecule has 0 aliphatic rings. The van der Waals surface area contributed by atoms with E-state index in [2.05, 4.69) is 15.3 Å². The first-order chi connectivity index (χ1) is 17.4. The summed E-state index contributed by atoms with van der Waals surface area (Å²) in [6.45, 7) is 0.0465. The quantitative estimate of drug-likeness (QED) is 0.332. The molecule has 180 valence electrons. The summed E-state index contributed by atoms with van der Waals surface area (Å²) in [6.07, 6.45) is 4.95. The third-order valence-corrected chi connectivity index (χ3v) is 5.79. The molecule has 2 aromatic carbocycles. The third kappa shape index (κ3) is 4.58. The predicted octanol–water partition coefficient (Wildman–Crippen LogP) is 4.35. The molecule has 0 aliphatic heterocycles. The second-order valence-corrected chi connectivity index (χ2v) is 8.28. The van der Waals surface area contributed by atoms with E-state index in [9.17, 15) is 23.5 Å². The largest absolute Gasteiger partial charge is 0.508 e. The molecule has 5 rings (SSSR count). The summed E-state index contributed by atoms with van der Waals surface area (Å²) in [5, 5.41) is 13.9. The standard InChI is InChI=1S/C27H20F2N4O3/c28-23-6-5-16(11-24(23)29)15-33-8-2-4-21(27(33)36)26(35)32-13-17-9-18(12-19(34)10-17)22-14-31-25-20(22)3-1-7-30-25/h1-12,14,34H,13,15H2,(H,30,31)(H,32,35). The summed E-state index contributed by atoms with van der Waals surface area (Å²) in [6, 6.07) is 15.0. The zero-order chi connectivity index (χ0) is 25.2. The molecule has 0 radical (unpaired) electrons. The van der Waals surface area contributed by atoms with Crippen LogP contribution < -0.4 is 10.9 Å². The van der Waals surface area contributed by atoms with Crippen molar-refractivity contribution in [3.05, 3.63) is 118 Å². The number of phenols is 1. The number of nitrogens with one attached hydrogen (secondary N) is 2. The average Bonchev–Trinajstić information content (AvgIpc) is 3.30. The second-order valence-electron chi connectivity index (χ2n) is 8.28. The van der Waals surface area contributed by atoms with Gasteiger partial charge in [0, 0.05) is 36.1 Å². The van der Waals surface area contributed by atoms with E-state index in [0.717, 1.165) is 34.3 Å². The minimum absolute atomic E-state index is 0.0213. The number of carbonyl (C=O) groups is 1. The summed E-state index contributed by atoms with van der Waals surface area (Å²) in [7, 11) is 0. The third-order valence-electron chi connectivity index (χ3n) is 5.79. The van der Waals surface area contributed by atoms with Crippen LogP contribution in [0.1, 0.15) is 21.5 Å². The minimum atomic E-state index is -1.01. The zero-order valence-electron chi connectivity index (χ0n) is 18.8. The maximum atomic E-state index is 13.5. The Hall–Kier alpha value is -4.79. The van der Waals surface area contributed by atoms with Crippen LogP contribution >= 0.6 is 0 Å². The Balaban J connectivity index is 1.34. The van der Waals surface area contributed by atoms with Crippen molar-refractivity contribution in [2.45, 2.75) is 13.1 Å². The van der Waals surface area contributed by atoms with Crippen LogP contribution in [0.5, 0.6) is 5.75 Å². The van der Waals surface area contributed by atoms with Gasteiger partial charge in [0.1, 0.15) is 17.0 Å². The first-order valence-electron chi connectivity index (χ1n) is 11.1. The number of amides is 1. The second kappa shape index (κ2) is 9.46. The minimum Gasteiger partial charge on any atom is -0.508 e. The number of benzene rings is 2.